The van der Waals surface area contributed by atoms with E-state index in [2.05, 4.69) is 5.32 Å². The van der Waals surface area contributed by atoms with Crippen molar-refractivity contribution in [1.29, 1.82) is 0 Å². The predicted octanol–water partition coefficient (Wildman–Crippen LogP) is 2.45. The van der Waals surface area contributed by atoms with Gasteiger partial charge in [0.25, 0.3) is 0 Å². The van der Waals surface area contributed by atoms with Crippen LogP contribution in [0.25, 0.3) is 0 Å². The van der Waals surface area contributed by atoms with Gasteiger partial charge in [-0.1, -0.05) is 12.1 Å². The molecule has 0 heterocycles. The van der Waals surface area contributed by atoms with Crippen LogP contribution < -0.4 is 5.32 Å². The maximum absolute atomic E-state index is 11.7. The van der Waals surface area contributed by atoms with Gasteiger partial charge in [-0.15, -0.1) is 0 Å². The molecule has 0 unspecified atom stereocenters. The molecule has 0 spiro atoms. The number of anilines is 1. The molecule has 104 valence electrons. The summed E-state index contributed by atoms with van der Waals surface area (Å²) in [6.07, 6.45) is 0.931. The predicted molar refractivity (Wildman–Crippen MR) is 72.5 cm³/mol. The summed E-state index contributed by atoms with van der Waals surface area (Å²) < 4.78 is 5.14. The van der Waals surface area contributed by atoms with E-state index in [1.54, 1.807) is 25.1 Å². The minimum Gasteiger partial charge on any atom is -0.478 e. The normalized spacial score (nSPS) is 10.2. The first-order valence-electron chi connectivity index (χ1n) is 6.26. The number of hydrogen-bond acceptors (Lipinski definition) is 3. The highest BCUT2D eigenvalue weighted by molar-refractivity contribution is 6.01. The Labute approximate surface area is 112 Å². The van der Waals surface area contributed by atoms with Crippen LogP contribution in [-0.2, 0) is 9.53 Å². The monoisotopic (exact) mass is 265 g/mol. The van der Waals surface area contributed by atoms with E-state index in [1.165, 1.54) is 0 Å². The average molecular weight is 265 g/mol. The van der Waals surface area contributed by atoms with Gasteiger partial charge < -0.3 is 15.2 Å². The second-order valence-electron chi connectivity index (χ2n) is 4.15. The van der Waals surface area contributed by atoms with Gasteiger partial charge in [0.2, 0.25) is 5.91 Å². The summed E-state index contributed by atoms with van der Waals surface area (Å²) in [6.45, 7) is 4.76. The van der Waals surface area contributed by atoms with Crippen molar-refractivity contribution in [3.8, 4) is 0 Å². The molecule has 19 heavy (non-hydrogen) atoms. The van der Waals surface area contributed by atoms with Gasteiger partial charge in [0, 0.05) is 19.6 Å². The standard InChI is InChI=1S/C14H19NO4/c1-3-19-9-5-8-12(16)15-11-7-4-6-10(2)13(11)14(17)18/h4,6-7H,3,5,8-9H2,1-2H3,(H,15,16)(H,17,18). The van der Waals surface area contributed by atoms with Crippen molar-refractivity contribution in [3.63, 3.8) is 0 Å². The van der Waals surface area contributed by atoms with Crippen LogP contribution >= 0.6 is 0 Å². The Morgan fingerprint density at radius 1 is 1.37 bits per heavy atom. The third kappa shape index (κ3) is 4.71. The van der Waals surface area contributed by atoms with Crippen molar-refractivity contribution >= 4 is 17.6 Å². The molecule has 1 aromatic carbocycles. The number of carbonyl (C=O) groups is 2. The molecule has 0 aliphatic heterocycles. The van der Waals surface area contributed by atoms with Gasteiger partial charge in [-0.25, -0.2) is 4.79 Å². The van der Waals surface area contributed by atoms with Crippen LogP contribution in [0.5, 0.6) is 0 Å². The first kappa shape index (κ1) is 15.2. The third-order valence-corrected chi connectivity index (χ3v) is 2.66. The van der Waals surface area contributed by atoms with Crippen molar-refractivity contribution in [2.45, 2.75) is 26.7 Å². The lowest BCUT2D eigenvalue weighted by Gasteiger charge is -2.10. The Morgan fingerprint density at radius 3 is 2.74 bits per heavy atom. The van der Waals surface area contributed by atoms with Gasteiger partial charge in [0.05, 0.1) is 11.3 Å². The molecule has 0 aliphatic carbocycles. The zero-order valence-electron chi connectivity index (χ0n) is 11.2. The van der Waals surface area contributed by atoms with Gasteiger partial charge in [-0.05, 0) is 31.9 Å². The van der Waals surface area contributed by atoms with E-state index in [4.69, 9.17) is 9.84 Å². The molecule has 5 nitrogen and oxygen atoms in total. The van der Waals surface area contributed by atoms with Crippen molar-refractivity contribution in [3.05, 3.63) is 29.3 Å². The van der Waals surface area contributed by atoms with Crippen molar-refractivity contribution in [1.82, 2.24) is 0 Å². The number of nitrogens with one attached hydrogen (secondary N) is 1. The summed E-state index contributed by atoms with van der Waals surface area (Å²) in [7, 11) is 0. The fourth-order valence-electron chi connectivity index (χ4n) is 1.75. The largest absolute Gasteiger partial charge is 0.478 e. The Hall–Kier alpha value is -1.88. The smallest absolute Gasteiger partial charge is 0.338 e. The Kier molecular flexibility index (Phi) is 6.02. The average Bonchev–Trinajstić information content (AvgIpc) is 2.34. The number of aromatic carboxylic acids is 1. The lowest BCUT2D eigenvalue weighted by atomic mass is 10.1. The summed E-state index contributed by atoms with van der Waals surface area (Å²) in [5.74, 6) is -1.24. The van der Waals surface area contributed by atoms with Crippen LogP contribution in [0.1, 0.15) is 35.7 Å². The van der Waals surface area contributed by atoms with Crippen molar-refractivity contribution < 1.29 is 19.4 Å². The van der Waals surface area contributed by atoms with E-state index in [9.17, 15) is 9.59 Å². The molecular formula is C14H19NO4. The van der Waals surface area contributed by atoms with Crippen LogP contribution in [-0.4, -0.2) is 30.2 Å². The van der Waals surface area contributed by atoms with Gasteiger partial charge >= 0.3 is 5.97 Å². The molecule has 0 atom stereocenters. The highest BCUT2D eigenvalue weighted by Gasteiger charge is 2.14. The maximum atomic E-state index is 11.7. The van der Waals surface area contributed by atoms with Crippen LogP contribution in [0.15, 0.2) is 18.2 Å². The Bertz CT molecular complexity index is 457. The molecule has 5 heteroatoms. The summed E-state index contributed by atoms with van der Waals surface area (Å²) in [4.78, 5) is 22.9. The number of hydrogen-bond donors (Lipinski definition) is 2. The molecule has 0 bridgehead atoms. The first-order chi connectivity index (χ1) is 9.06. The molecule has 0 aromatic heterocycles. The van der Waals surface area contributed by atoms with E-state index < -0.39 is 5.97 Å². The van der Waals surface area contributed by atoms with Crippen LogP contribution in [0.2, 0.25) is 0 Å². The van der Waals surface area contributed by atoms with Crippen LogP contribution in [0, 0.1) is 6.92 Å². The molecule has 0 radical (unpaired) electrons. The third-order valence-electron chi connectivity index (χ3n) is 2.66. The summed E-state index contributed by atoms with van der Waals surface area (Å²) in [5, 5.41) is 11.8. The van der Waals surface area contributed by atoms with E-state index in [0.29, 0.717) is 37.3 Å². The van der Waals surface area contributed by atoms with E-state index >= 15 is 0 Å². The molecule has 1 aromatic rings. The van der Waals surface area contributed by atoms with Gasteiger partial charge in [0.15, 0.2) is 0 Å². The first-order valence-corrected chi connectivity index (χ1v) is 6.26. The fourth-order valence-corrected chi connectivity index (χ4v) is 1.75. The molecule has 0 fully saturated rings. The zero-order chi connectivity index (χ0) is 14.3. The quantitative estimate of drug-likeness (QED) is 0.742. The number of carboxylic acids is 1. The van der Waals surface area contributed by atoms with E-state index in [1.807, 2.05) is 6.92 Å². The Balaban J connectivity index is 2.64. The summed E-state index contributed by atoms with van der Waals surface area (Å²) >= 11 is 0. The van der Waals surface area contributed by atoms with Crippen LogP contribution in [0.4, 0.5) is 5.69 Å². The highest BCUT2D eigenvalue weighted by atomic mass is 16.5. The summed E-state index contributed by atoms with van der Waals surface area (Å²) in [5.41, 5.74) is 1.11. The molecule has 1 amide bonds. The number of carbonyl (C=O) groups excluding carboxylic acids is 1. The topological polar surface area (TPSA) is 75.6 Å². The second-order valence-corrected chi connectivity index (χ2v) is 4.15. The molecule has 2 N–H and O–H groups in total. The number of ether oxygens (including phenoxy) is 1. The zero-order valence-corrected chi connectivity index (χ0v) is 11.2. The number of aryl methyl sites for hydroxylation is 1. The molecular weight excluding hydrogens is 246 g/mol. The van der Waals surface area contributed by atoms with Crippen LogP contribution in [0.3, 0.4) is 0 Å². The molecule has 0 aliphatic rings. The van der Waals surface area contributed by atoms with Gasteiger partial charge in [0.1, 0.15) is 0 Å². The van der Waals surface area contributed by atoms with E-state index in [-0.39, 0.29) is 11.5 Å². The maximum Gasteiger partial charge on any atom is 0.338 e. The van der Waals surface area contributed by atoms with E-state index in [0.717, 1.165) is 0 Å². The number of carboxylic acid groups (broad SMARTS) is 1. The Morgan fingerprint density at radius 2 is 2.11 bits per heavy atom. The van der Waals surface area contributed by atoms with Crippen molar-refractivity contribution in [2.24, 2.45) is 0 Å². The van der Waals surface area contributed by atoms with Crippen molar-refractivity contribution in [2.75, 3.05) is 18.5 Å². The minimum absolute atomic E-state index is 0.139. The second kappa shape index (κ2) is 7.53. The number of benzene rings is 1. The SMILES string of the molecule is CCOCCCC(=O)Nc1cccc(C)c1C(=O)O. The molecule has 0 saturated carbocycles. The number of rotatable bonds is 7. The highest BCUT2D eigenvalue weighted by Crippen LogP contribution is 2.19. The molecule has 1 rings (SSSR count). The van der Waals surface area contributed by atoms with Gasteiger partial charge in [-0.3, -0.25) is 4.79 Å². The fraction of sp³-hybridized carbons (Fsp3) is 0.429. The van der Waals surface area contributed by atoms with Gasteiger partial charge in [-0.2, -0.15) is 0 Å². The molecule has 0 saturated heterocycles. The summed E-state index contributed by atoms with van der Waals surface area (Å²) in [6, 6.07) is 5.02. The lowest BCUT2D eigenvalue weighted by Crippen LogP contribution is -2.15. The lowest BCUT2D eigenvalue weighted by molar-refractivity contribution is -0.116. The minimum atomic E-state index is -1.04. The number of amides is 1.